The van der Waals surface area contributed by atoms with Crippen LogP contribution in [-0.2, 0) is 6.42 Å². The highest BCUT2D eigenvalue weighted by atomic mass is 79.9. The van der Waals surface area contributed by atoms with Crippen LogP contribution in [-0.4, -0.2) is 27.7 Å². The summed E-state index contributed by atoms with van der Waals surface area (Å²) in [7, 11) is 0. The van der Waals surface area contributed by atoms with Gasteiger partial charge in [0.05, 0.1) is 10.2 Å². The lowest BCUT2D eigenvalue weighted by Crippen LogP contribution is -2.30. The first-order valence-electron chi connectivity index (χ1n) is 7.00. The van der Waals surface area contributed by atoms with Gasteiger partial charge in [0.25, 0.3) is 0 Å². The Kier molecular flexibility index (Phi) is 3.48. The normalized spacial score (nSPS) is 16.3. The van der Waals surface area contributed by atoms with E-state index >= 15 is 0 Å². The molecule has 2 aromatic rings. The van der Waals surface area contributed by atoms with Crippen molar-refractivity contribution in [3.05, 3.63) is 21.9 Å². The lowest BCUT2D eigenvalue weighted by atomic mass is 10.1. The molecule has 0 saturated carbocycles. The number of aromatic nitrogens is 3. The van der Waals surface area contributed by atoms with Gasteiger partial charge < -0.3 is 4.90 Å². The van der Waals surface area contributed by atoms with Crippen molar-refractivity contribution in [1.82, 2.24) is 14.6 Å². The Morgan fingerprint density at radius 3 is 2.68 bits per heavy atom. The summed E-state index contributed by atoms with van der Waals surface area (Å²) < 4.78 is 2.98. The van der Waals surface area contributed by atoms with E-state index in [2.05, 4.69) is 45.8 Å². The summed E-state index contributed by atoms with van der Waals surface area (Å²) in [6, 6.07) is 2.15. The van der Waals surface area contributed by atoms with Crippen LogP contribution < -0.4 is 4.90 Å². The summed E-state index contributed by atoms with van der Waals surface area (Å²) in [4.78, 5) is 7.20. The first-order chi connectivity index (χ1) is 9.20. The van der Waals surface area contributed by atoms with Gasteiger partial charge in [-0.2, -0.15) is 5.10 Å². The second kappa shape index (κ2) is 5.12. The van der Waals surface area contributed by atoms with Crippen LogP contribution in [0.15, 0.2) is 10.5 Å². The predicted molar refractivity (Wildman–Crippen MR) is 80.9 cm³/mol. The summed E-state index contributed by atoms with van der Waals surface area (Å²) in [5.74, 6) is 1.09. The Morgan fingerprint density at radius 1 is 1.26 bits per heavy atom. The number of fused-ring (bicyclic) bond motifs is 1. The van der Waals surface area contributed by atoms with E-state index in [1.807, 2.05) is 4.52 Å². The number of hydrogen-bond donors (Lipinski definition) is 0. The van der Waals surface area contributed by atoms with Crippen LogP contribution in [0.5, 0.6) is 0 Å². The number of piperidine rings is 1. The Balaban J connectivity index is 2.09. The highest BCUT2D eigenvalue weighted by molar-refractivity contribution is 9.10. The van der Waals surface area contributed by atoms with Gasteiger partial charge >= 0.3 is 0 Å². The van der Waals surface area contributed by atoms with Crippen LogP contribution in [0.2, 0.25) is 0 Å². The largest absolute Gasteiger partial charge is 0.356 e. The molecule has 0 unspecified atom stereocenters. The van der Waals surface area contributed by atoms with E-state index < -0.39 is 0 Å². The lowest BCUT2D eigenvalue weighted by Gasteiger charge is -2.28. The van der Waals surface area contributed by atoms with Crippen LogP contribution in [0, 0.1) is 6.92 Å². The van der Waals surface area contributed by atoms with E-state index in [1.54, 1.807) is 0 Å². The molecule has 5 heteroatoms. The third-order valence-electron chi connectivity index (χ3n) is 3.78. The summed E-state index contributed by atoms with van der Waals surface area (Å²) in [6.07, 6.45) is 4.80. The van der Waals surface area contributed by atoms with E-state index in [-0.39, 0.29) is 0 Å². The zero-order chi connectivity index (χ0) is 13.4. The van der Waals surface area contributed by atoms with Crippen LogP contribution in [0.3, 0.4) is 0 Å². The predicted octanol–water partition coefficient (Wildman–Crippen LogP) is 3.35. The van der Waals surface area contributed by atoms with Crippen molar-refractivity contribution in [3.8, 4) is 0 Å². The van der Waals surface area contributed by atoms with Crippen LogP contribution in [0.4, 0.5) is 5.82 Å². The molecular weight excluding hydrogens is 304 g/mol. The number of anilines is 1. The van der Waals surface area contributed by atoms with E-state index in [0.29, 0.717) is 0 Å². The highest BCUT2D eigenvalue weighted by Gasteiger charge is 2.17. The fraction of sp³-hybridized carbons (Fsp3) is 0.571. The molecule has 1 fully saturated rings. The third kappa shape index (κ3) is 2.24. The fourth-order valence-corrected chi connectivity index (χ4v) is 3.29. The van der Waals surface area contributed by atoms with Gasteiger partial charge in [0.1, 0.15) is 5.82 Å². The summed E-state index contributed by atoms with van der Waals surface area (Å²) in [5.41, 5.74) is 3.16. The molecule has 19 heavy (non-hydrogen) atoms. The van der Waals surface area contributed by atoms with Gasteiger partial charge in [-0.05, 0) is 48.5 Å². The minimum absolute atomic E-state index is 0.919. The highest BCUT2D eigenvalue weighted by Crippen LogP contribution is 2.26. The molecule has 4 nitrogen and oxygen atoms in total. The first-order valence-corrected chi connectivity index (χ1v) is 7.79. The average Bonchev–Trinajstić information content (AvgIpc) is 2.77. The maximum Gasteiger partial charge on any atom is 0.172 e. The Morgan fingerprint density at radius 2 is 2.00 bits per heavy atom. The minimum atomic E-state index is 0.919. The molecule has 1 aliphatic rings. The van der Waals surface area contributed by atoms with Crippen molar-refractivity contribution in [3.63, 3.8) is 0 Å². The standard InChI is InChI=1S/C14H19BrN4/c1-3-11-13(15)14-16-12(9-10(2)19(14)17-11)18-7-5-4-6-8-18/h9H,3-8H2,1-2H3. The molecule has 3 rings (SSSR count). The van der Waals surface area contributed by atoms with Crippen molar-refractivity contribution in [1.29, 1.82) is 0 Å². The third-order valence-corrected chi connectivity index (χ3v) is 4.59. The molecule has 0 aliphatic carbocycles. The number of hydrogen-bond acceptors (Lipinski definition) is 3. The Bertz CT molecular complexity index is 599. The van der Waals surface area contributed by atoms with Gasteiger partial charge in [0.2, 0.25) is 0 Å². The van der Waals surface area contributed by atoms with Gasteiger partial charge in [-0.1, -0.05) is 6.92 Å². The Hall–Kier alpha value is -1.10. The maximum atomic E-state index is 4.81. The van der Waals surface area contributed by atoms with Crippen molar-refractivity contribution < 1.29 is 0 Å². The molecule has 0 bridgehead atoms. The molecule has 1 aliphatic heterocycles. The van der Waals surface area contributed by atoms with Crippen molar-refractivity contribution in [2.75, 3.05) is 18.0 Å². The molecule has 0 amide bonds. The monoisotopic (exact) mass is 322 g/mol. The zero-order valence-corrected chi connectivity index (χ0v) is 13.1. The molecule has 0 atom stereocenters. The topological polar surface area (TPSA) is 33.4 Å². The minimum Gasteiger partial charge on any atom is -0.356 e. The molecule has 2 aromatic heterocycles. The average molecular weight is 323 g/mol. The van der Waals surface area contributed by atoms with Gasteiger partial charge in [-0.3, -0.25) is 0 Å². The fourth-order valence-electron chi connectivity index (χ4n) is 2.68. The summed E-state index contributed by atoms with van der Waals surface area (Å²) >= 11 is 3.64. The molecule has 3 heterocycles. The summed E-state index contributed by atoms with van der Waals surface area (Å²) in [6.45, 7) is 6.46. The molecule has 0 spiro atoms. The smallest absolute Gasteiger partial charge is 0.172 e. The SMILES string of the molecule is CCc1nn2c(C)cc(N3CCCCC3)nc2c1Br. The quantitative estimate of drug-likeness (QED) is 0.850. The number of halogens is 1. The van der Waals surface area contributed by atoms with E-state index in [4.69, 9.17) is 4.98 Å². The summed E-state index contributed by atoms with van der Waals surface area (Å²) in [5, 5.41) is 4.61. The molecule has 0 N–H and O–H groups in total. The van der Waals surface area contributed by atoms with Crippen molar-refractivity contribution in [2.45, 2.75) is 39.5 Å². The zero-order valence-electron chi connectivity index (χ0n) is 11.5. The molecule has 1 saturated heterocycles. The number of rotatable bonds is 2. The second-order valence-corrected chi connectivity index (χ2v) is 5.95. The maximum absolute atomic E-state index is 4.81. The Labute approximate surface area is 121 Å². The van der Waals surface area contributed by atoms with Gasteiger partial charge in [-0.25, -0.2) is 9.50 Å². The number of aryl methyl sites for hydroxylation is 2. The number of nitrogens with zero attached hydrogens (tertiary/aromatic N) is 4. The second-order valence-electron chi connectivity index (χ2n) is 5.15. The van der Waals surface area contributed by atoms with E-state index in [1.165, 1.54) is 19.3 Å². The van der Waals surface area contributed by atoms with Gasteiger partial charge in [0, 0.05) is 24.8 Å². The molecule has 0 radical (unpaired) electrons. The van der Waals surface area contributed by atoms with E-state index in [9.17, 15) is 0 Å². The van der Waals surface area contributed by atoms with Crippen LogP contribution in [0.25, 0.3) is 5.65 Å². The van der Waals surface area contributed by atoms with Crippen LogP contribution in [0.1, 0.15) is 37.6 Å². The molecular formula is C14H19BrN4. The molecule has 102 valence electrons. The van der Waals surface area contributed by atoms with Crippen molar-refractivity contribution in [2.24, 2.45) is 0 Å². The first kappa shape index (κ1) is 12.9. The van der Waals surface area contributed by atoms with Gasteiger partial charge in [0.15, 0.2) is 5.65 Å². The molecule has 0 aromatic carbocycles. The van der Waals surface area contributed by atoms with E-state index in [0.717, 1.165) is 46.8 Å². The van der Waals surface area contributed by atoms with Crippen molar-refractivity contribution >= 4 is 27.4 Å². The van der Waals surface area contributed by atoms with Crippen LogP contribution >= 0.6 is 15.9 Å². The van der Waals surface area contributed by atoms with Gasteiger partial charge in [-0.15, -0.1) is 0 Å². The lowest BCUT2D eigenvalue weighted by molar-refractivity contribution is 0.573.